The van der Waals surface area contributed by atoms with E-state index in [1.807, 2.05) is 12.1 Å². The molecule has 1 aromatic heterocycles. The summed E-state index contributed by atoms with van der Waals surface area (Å²) in [5.74, 6) is 0. The first-order chi connectivity index (χ1) is 7.08. The van der Waals surface area contributed by atoms with Gasteiger partial charge in [0.05, 0.1) is 3.79 Å². The van der Waals surface area contributed by atoms with Crippen molar-refractivity contribution in [3.63, 3.8) is 0 Å². The van der Waals surface area contributed by atoms with Crippen molar-refractivity contribution in [1.29, 1.82) is 0 Å². The molecule has 0 aliphatic heterocycles. The molecular formula is C12H12BrNS. The van der Waals surface area contributed by atoms with E-state index >= 15 is 0 Å². The molecule has 3 heteroatoms. The molecule has 1 nitrogen and oxygen atoms in total. The summed E-state index contributed by atoms with van der Waals surface area (Å²) in [6.07, 6.45) is 0. The summed E-state index contributed by atoms with van der Waals surface area (Å²) in [7, 11) is 0. The van der Waals surface area contributed by atoms with Gasteiger partial charge in [-0.1, -0.05) is 11.6 Å². The Morgan fingerprint density at radius 1 is 1.20 bits per heavy atom. The predicted octanol–water partition coefficient (Wildman–Crippen LogP) is 4.38. The zero-order valence-corrected chi connectivity index (χ0v) is 11.1. The molecule has 0 atom stereocenters. The molecular weight excluding hydrogens is 270 g/mol. The van der Waals surface area contributed by atoms with Crippen LogP contribution < -0.4 is 5.73 Å². The highest BCUT2D eigenvalue weighted by molar-refractivity contribution is 9.11. The summed E-state index contributed by atoms with van der Waals surface area (Å²) in [4.78, 5) is 1.22. The summed E-state index contributed by atoms with van der Waals surface area (Å²) in [6, 6.07) is 8.30. The predicted molar refractivity (Wildman–Crippen MR) is 71.3 cm³/mol. The number of aryl methyl sites for hydroxylation is 2. The first kappa shape index (κ1) is 10.7. The quantitative estimate of drug-likeness (QED) is 0.772. The van der Waals surface area contributed by atoms with Crippen LogP contribution in [0.3, 0.4) is 0 Å². The minimum absolute atomic E-state index is 0.842. The number of hydrogen-bond acceptors (Lipinski definition) is 2. The second-order valence-electron chi connectivity index (χ2n) is 3.66. The lowest BCUT2D eigenvalue weighted by atomic mass is 10.1. The zero-order chi connectivity index (χ0) is 11.0. The average Bonchev–Trinajstić information content (AvgIpc) is 2.51. The van der Waals surface area contributed by atoms with Gasteiger partial charge in [0.25, 0.3) is 0 Å². The number of benzene rings is 1. The lowest BCUT2D eigenvalue weighted by Crippen LogP contribution is -1.88. The molecule has 0 saturated heterocycles. The SMILES string of the molecule is Cc1ccc(N)c(-c2cc(C)c(Br)s2)c1. The van der Waals surface area contributed by atoms with Crippen LogP contribution in [0.5, 0.6) is 0 Å². The summed E-state index contributed by atoms with van der Waals surface area (Å²) in [5.41, 5.74) is 10.4. The van der Waals surface area contributed by atoms with Crippen LogP contribution in [0.1, 0.15) is 11.1 Å². The molecule has 0 spiro atoms. The molecule has 0 amide bonds. The number of nitrogen functional groups attached to an aromatic ring is 1. The fourth-order valence-corrected chi connectivity index (χ4v) is 3.05. The van der Waals surface area contributed by atoms with E-state index in [2.05, 4.69) is 41.9 Å². The third-order valence-corrected chi connectivity index (χ3v) is 4.50. The molecule has 0 unspecified atom stereocenters. The fourth-order valence-electron chi connectivity index (χ4n) is 1.48. The Bertz CT molecular complexity index is 483. The van der Waals surface area contributed by atoms with Crippen LogP contribution in [0.2, 0.25) is 0 Å². The van der Waals surface area contributed by atoms with Gasteiger partial charge in [-0.2, -0.15) is 0 Å². The van der Waals surface area contributed by atoms with Gasteiger partial charge in [-0.15, -0.1) is 11.3 Å². The maximum absolute atomic E-state index is 5.97. The normalized spacial score (nSPS) is 10.6. The Balaban J connectivity index is 2.58. The van der Waals surface area contributed by atoms with Crippen LogP contribution in [0.25, 0.3) is 10.4 Å². The Morgan fingerprint density at radius 2 is 1.93 bits per heavy atom. The molecule has 0 aliphatic carbocycles. The van der Waals surface area contributed by atoms with Gasteiger partial charge in [-0.3, -0.25) is 0 Å². The number of nitrogens with two attached hydrogens (primary N) is 1. The van der Waals surface area contributed by atoms with Crippen molar-refractivity contribution < 1.29 is 0 Å². The molecule has 1 aromatic carbocycles. The molecule has 0 radical (unpaired) electrons. The van der Waals surface area contributed by atoms with Crippen molar-refractivity contribution >= 4 is 33.0 Å². The highest BCUT2D eigenvalue weighted by Gasteiger charge is 2.08. The molecule has 0 fully saturated rings. The topological polar surface area (TPSA) is 26.0 Å². The molecule has 2 aromatic rings. The van der Waals surface area contributed by atoms with E-state index in [-0.39, 0.29) is 0 Å². The second-order valence-corrected chi connectivity index (χ2v) is 6.03. The molecule has 15 heavy (non-hydrogen) atoms. The number of rotatable bonds is 1. The van der Waals surface area contributed by atoms with Crippen LogP contribution in [0.15, 0.2) is 28.1 Å². The van der Waals surface area contributed by atoms with Gasteiger partial charge >= 0.3 is 0 Å². The number of anilines is 1. The maximum atomic E-state index is 5.97. The number of hydrogen-bond donors (Lipinski definition) is 1. The van der Waals surface area contributed by atoms with Gasteiger partial charge in [0.2, 0.25) is 0 Å². The van der Waals surface area contributed by atoms with Crippen molar-refractivity contribution in [1.82, 2.24) is 0 Å². The minimum atomic E-state index is 0.842. The Hall–Kier alpha value is -0.800. The Morgan fingerprint density at radius 3 is 2.53 bits per heavy atom. The summed E-state index contributed by atoms with van der Waals surface area (Å²) in [5, 5.41) is 0. The van der Waals surface area contributed by atoms with E-state index < -0.39 is 0 Å². The van der Waals surface area contributed by atoms with Crippen molar-refractivity contribution in [2.75, 3.05) is 5.73 Å². The standard InChI is InChI=1S/C12H12BrNS/c1-7-3-4-10(14)9(5-7)11-6-8(2)12(13)15-11/h3-6H,14H2,1-2H3. The maximum Gasteiger partial charge on any atom is 0.0734 e. The zero-order valence-electron chi connectivity index (χ0n) is 8.67. The first-order valence-corrected chi connectivity index (χ1v) is 6.31. The number of halogens is 1. The van der Waals surface area contributed by atoms with Crippen LogP contribution in [0, 0.1) is 13.8 Å². The molecule has 0 saturated carbocycles. The Kier molecular flexibility index (Phi) is 2.85. The van der Waals surface area contributed by atoms with Gasteiger partial charge in [0.1, 0.15) is 0 Å². The van der Waals surface area contributed by atoms with Crippen molar-refractivity contribution in [3.05, 3.63) is 39.2 Å². The van der Waals surface area contributed by atoms with Crippen LogP contribution in [-0.4, -0.2) is 0 Å². The van der Waals surface area contributed by atoms with Crippen molar-refractivity contribution in [3.8, 4) is 10.4 Å². The van der Waals surface area contributed by atoms with Crippen LogP contribution in [0.4, 0.5) is 5.69 Å². The molecule has 1 heterocycles. The third-order valence-electron chi connectivity index (χ3n) is 2.33. The molecule has 78 valence electrons. The average molecular weight is 282 g/mol. The highest BCUT2D eigenvalue weighted by Crippen LogP contribution is 2.37. The van der Waals surface area contributed by atoms with Gasteiger partial charge in [-0.05, 0) is 53.5 Å². The van der Waals surface area contributed by atoms with Crippen molar-refractivity contribution in [2.45, 2.75) is 13.8 Å². The largest absolute Gasteiger partial charge is 0.398 e. The van der Waals surface area contributed by atoms with E-state index in [9.17, 15) is 0 Å². The first-order valence-electron chi connectivity index (χ1n) is 4.70. The smallest absolute Gasteiger partial charge is 0.0734 e. The lowest BCUT2D eigenvalue weighted by Gasteiger charge is -2.03. The van der Waals surface area contributed by atoms with Gasteiger partial charge in [0, 0.05) is 16.1 Å². The second kappa shape index (κ2) is 3.99. The van der Waals surface area contributed by atoms with E-state index in [4.69, 9.17) is 5.73 Å². The highest BCUT2D eigenvalue weighted by atomic mass is 79.9. The van der Waals surface area contributed by atoms with Gasteiger partial charge < -0.3 is 5.73 Å². The molecule has 0 bridgehead atoms. The minimum Gasteiger partial charge on any atom is -0.398 e. The molecule has 0 aliphatic rings. The lowest BCUT2D eigenvalue weighted by molar-refractivity contribution is 1.47. The van der Waals surface area contributed by atoms with E-state index in [0.717, 1.165) is 11.3 Å². The number of thiophene rings is 1. The molecule has 2 rings (SSSR count). The van der Waals surface area contributed by atoms with Gasteiger partial charge in [-0.25, -0.2) is 0 Å². The van der Waals surface area contributed by atoms with E-state index in [0.29, 0.717) is 0 Å². The summed E-state index contributed by atoms with van der Waals surface area (Å²) < 4.78 is 1.18. The van der Waals surface area contributed by atoms with Crippen LogP contribution >= 0.6 is 27.3 Å². The third kappa shape index (κ3) is 2.08. The Labute approximate surface area is 102 Å². The van der Waals surface area contributed by atoms with Crippen LogP contribution in [-0.2, 0) is 0 Å². The fraction of sp³-hybridized carbons (Fsp3) is 0.167. The molecule has 2 N–H and O–H groups in total. The monoisotopic (exact) mass is 281 g/mol. The van der Waals surface area contributed by atoms with E-state index in [1.54, 1.807) is 11.3 Å². The van der Waals surface area contributed by atoms with Crippen molar-refractivity contribution in [2.24, 2.45) is 0 Å². The summed E-state index contributed by atoms with van der Waals surface area (Å²) in [6.45, 7) is 4.18. The summed E-state index contributed by atoms with van der Waals surface area (Å²) >= 11 is 5.26. The van der Waals surface area contributed by atoms with E-state index in [1.165, 1.54) is 19.8 Å². The van der Waals surface area contributed by atoms with Gasteiger partial charge in [0.15, 0.2) is 0 Å².